The van der Waals surface area contributed by atoms with Crippen LogP contribution in [0.3, 0.4) is 0 Å². The zero-order valence-electron chi connectivity index (χ0n) is 16.5. The van der Waals surface area contributed by atoms with Crippen LogP contribution >= 0.6 is 0 Å². The monoisotopic (exact) mass is 384 g/mol. The minimum atomic E-state index is -0.0914. The van der Waals surface area contributed by atoms with Crippen LogP contribution in [0, 0.1) is 6.92 Å². The number of aryl methyl sites for hydroxylation is 2. The number of aromatic nitrogens is 3. The molecule has 1 N–H and O–H groups in total. The Labute approximate surface area is 170 Å². The molecule has 1 amide bonds. The van der Waals surface area contributed by atoms with E-state index >= 15 is 0 Å². The Balaban J connectivity index is 1.45. The number of carbonyl (C=O) groups excluding carboxylic acids is 1. The van der Waals surface area contributed by atoms with Crippen LogP contribution in [-0.4, -0.2) is 27.0 Å². The molecule has 2 aromatic heterocycles. The molecule has 0 unspecified atom stereocenters. The van der Waals surface area contributed by atoms with Crippen molar-refractivity contribution in [3.8, 4) is 0 Å². The Kier molecular flexibility index (Phi) is 5.66. The number of pyridine rings is 1. The van der Waals surface area contributed by atoms with E-state index in [4.69, 9.17) is 4.98 Å². The van der Waals surface area contributed by atoms with E-state index < -0.39 is 0 Å². The third kappa shape index (κ3) is 4.51. The zero-order chi connectivity index (χ0) is 20.1. The van der Waals surface area contributed by atoms with Crippen molar-refractivity contribution >= 4 is 16.9 Å². The van der Waals surface area contributed by atoms with Gasteiger partial charge in [0.2, 0.25) is 0 Å². The van der Waals surface area contributed by atoms with Crippen molar-refractivity contribution in [3.05, 3.63) is 95.6 Å². The lowest BCUT2D eigenvalue weighted by Crippen LogP contribution is -2.25. The van der Waals surface area contributed by atoms with Gasteiger partial charge in [-0.3, -0.25) is 9.78 Å². The van der Waals surface area contributed by atoms with Gasteiger partial charge < -0.3 is 9.88 Å². The summed E-state index contributed by atoms with van der Waals surface area (Å²) in [6.07, 6.45) is 4.86. The van der Waals surface area contributed by atoms with Gasteiger partial charge in [0.1, 0.15) is 5.82 Å². The number of benzene rings is 2. The molecule has 0 saturated carbocycles. The predicted molar refractivity (Wildman–Crippen MR) is 115 cm³/mol. The van der Waals surface area contributed by atoms with Gasteiger partial charge in [-0.1, -0.05) is 42.0 Å². The van der Waals surface area contributed by atoms with Crippen molar-refractivity contribution in [2.75, 3.05) is 6.54 Å². The predicted octanol–water partition coefficient (Wildman–Crippen LogP) is 4.15. The second-order valence-corrected chi connectivity index (χ2v) is 7.19. The van der Waals surface area contributed by atoms with Crippen molar-refractivity contribution in [2.45, 2.75) is 26.3 Å². The van der Waals surface area contributed by atoms with Gasteiger partial charge in [0.05, 0.1) is 16.6 Å². The number of nitrogens with one attached hydrogen (secondary N) is 1. The van der Waals surface area contributed by atoms with Crippen molar-refractivity contribution in [1.29, 1.82) is 0 Å². The van der Waals surface area contributed by atoms with Crippen LogP contribution in [0.5, 0.6) is 0 Å². The summed E-state index contributed by atoms with van der Waals surface area (Å²) in [5.74, 6) is 0.952. The van der Waals surface area contributed by atoms with Gasteiger partial charge in [0.25, 0.3) is 5.91 Å². The van der Waals surface area contributed by atoms with Gasteiger partial charge in [-0.05, 0) is 43.2 Å². The Morgan fingerprint density at radius 3 is 2.66 bits per heavy atom. The van der Waals surface area contributed by atoms with Gasteiger partial charge in [-0.15, -0.1) is 0 Å². The van der Waals surface area contributed by atoms with Crippen molar-refractivity contribution < 1.29 is 4.79 Å². The lowest BCUT2D eigenvalue weighted by Gasteiger charge is -2.10. The summed E-state index contributed by atoms with van der Waals surface area (Å²) in [6, 6.07) is 20.4. The topological polar surface area (TPSA) is 59.8 Å². The van der Waals surface area contributed by atoms with Crippen LogP contribution in [0.25, 0.3) is 11.0 Å². The minimum absolute atomic E-state index is 0.0914. The SMILES string of the molecule is Cc1ccc(Cn2c(CCCNC(=O)c3cccnc3)nc3ccccc32)cc1. The Morgan fingerprint density at radius 2 is 1.86 bits per heavy atom. The van der Waals surface area contributed by atoms with E-state index in [1.54, 1.807) is 24.5 Å². The molecule has 0 aliphatic rings. The number of imidazole rings is 1. The highest BCUT2D eigenvalue weighted by molar-refractivity contribution is 5.93. The largest absolute Gasteiger partial charge is 0.352 e. The highest BCUT2D eigenvalue weighted by Gasteiger charge is 2.11. The van der Waals surface area contributed by atoms with Crippen LogP contribution < -0.4 is 5.32 Å². The number of amides is 1. The van der Waals surface area contributed by atoms with Crippen LogP contribution in [0.4, 0.5) is 0 Å². The van der Waals surface area contributed by atoms with Gasteiger partial charge >= 0.3 is 0 Å². The van der Waals surface area contributed by atoms with Crippen LogP contribution in [0.1, 0.15) is 33.7 Å². The lowest BCUT2D eigenvalue weighted by atomic mass is 10.1. The summed E-state index contributed by atoms with van der Waals surface area (Å²) in [6.45, 7) is 3.49. The Hall–Kier alpha value is -3.47. The molecule has 0 aliphatic heterocycles. The normalized spacial score (nSPS) is 10.9. The van der Waals surface area contributed by atoms with Crippen LogP contribution in [0.2, 0.25) is 0 Å². The number of para-hydroxylation sites is 2. The summed E-state index contributed by atoms with van der Waals surface area (Å²) >= 11 is 0. The molecule has 0 atom stereocenters. The molecule has 2 heterocycles. The number of carbonyl (C=O) groups is 1. The van der Waals surface area contributed by atoms with Crippen molar-refractivity contribution in [3.63, 3.8) is 0 Å². The van der Waals surface area contributed by atoms with Gasteiger partial charge in [0, 0.05) is 31.9 Å². The number of nitrogens with zero attached hydrogens (tertiary/aromatic N) is 3. The molecule has 0 aliphatic carbocycles. The highest BCUT2D eigenvalue weighted by Crippen LogP contribution is 2.19. The molecule has 0 radical (unpaired) electrons. The van der Waals surface area contributed by atoms with Crippen molar-refractivity contribution in [1.82, 2.24) is 19.9 Å². The molecule has 5 heteroatoms. The summed E-state index contributed by atoms with van der Waals surface area (Å²) < 4.78 is 2.28. The van der Waals surface area contributed by atoms with E-state index in [1.165, 1.54) is 11.1 Å². The average molecular weight is 384 g/mol. The summed E-state index contributed by atoms with van der Waals surface area (Å²) in [7, 11) is 0. The number of fused-ring (bicyclic) bond motifs is 1. The van der Waals surface area contributed by atoms with Crippen LogP contribution in [-0.2, 0) is 13.0 Å². The fourth-order valence-corrected chi connectivity index (χ4v) is 3.42. The van der Waals surface area contributed by atoms with E-state index in [-0.39, 0.29) is 5.91 Å². The summed E-state index contributed by atoms with van der Waals surface area (Å²) in [5.41, 5.74) is 5.24. The molecule has 29 heavy (non-hydrogen) atoms. The lowest BCUT2D eigenvalue weighted by molar-refractivity contribution is 0.0953. The van der Waals surface area contributed by atoms with Crippen molar-refractivity contribution in [2.24, 2.45) is 0 Å². The fraction of sp³-hybridized carbons (Fsp3) is 0.208. The van der Waals surface area contributed by atoms with E-state index in [1.807, 2.05) is 12.1 Å². The number of hydrogen-bond acceptors (Lipinski definition) is 3. The third-order valence-electron chi connectivity index (χ3n) is 4.98. The highest BCUT2D eigenvalue weighted by atomic mass is 16.1. The van der Waals surface area contributed by atoms with E-state index in [9.17, 15) is 4.79 Å². The zero-order valence-corrected chi connectivity index (χ0v) is 16.5. The maximum absolute atomic E-state index is 12.2. The van der Waals surface area contributed by atoms with E-state index in [0.717, 1.165) is 36.2 Å². The van der Waals surface area contributed by atoms with Gasteiger partial charge in [0.15, 0.2) is 0 Å². The molecule has 146 valence electrons. The summed E-state index contributed by atoms with van der Waals surface area (Å²) in [4.78, 5) is 21.0. The van der Waals surface area contributed by atoms with E-state index in [0.29, 0.717) is 12.1 Å². The quantitative estimate of drug-likeness (QED) is 0.487. The molecule has 0 spiro atoms. The molecular formula is C24H24N4O. The molecule has 4 aromatic rings. The Morgan fingerprint density at radius 1 is 1.03 bits per heavy atom. The molecular weight excluding hydrogens is 360 g/mol. The minimum Gasteiger partial charge on any atom is -0.352 e. The molecule has 2 aromatic carbocycles. The number of hydrogen-bond donors (Lipinski definition) is 1. The Bertz CT molecular complexity index is 1100. The van der Waals surface area contributed by atoms with Crippen LogP contribution in [0.15, 0.2) is 73.1 Å². The fourth-order valence-electron chi connectivity index (χ4n) is 3.42. The van der Waals surface area contributed by atoms with Gasteiger partial charge in [-0.25, -0.2) is 4.98 Å². The number of rotatable bonds is 7. The second kappa shape index (κ2) is 8.69. The average Bonchev–Trinajstić information content (AvgIpc) is 3.10. The first-order valence-corrected chi connectivity index (χ1v) is 9.88. The standard InChI is InChI=1S/C24H24N4O/c1-18-10-12-19(13-11-18)17-28-22-8-3-2-7-21(22)27-23(28)9-5-15-26-24(29)20-6-4-14-25-16-20/h2-4,6-8,10-14,16H,5,9,15,17H2,1H3,(H,26,29). The first-order valence-electron chi connectivity index (χ1n) is 9.88. The third-order valence-corrected chi connectivity index (χ3v) is 4.98. The van der Waals surface area contributed by atoms with Gasteiger partial charge in [-0.2, -0.15) is 0 Å². The first kappa shape index (κ1) is 18.9. The molecule has 0 bridgehead atoms. The smallest absolute Gasteiger partial charge is 0.252 e. The maximum Gasteiger partial charge on any atom is 0.252 e. The molecule has 0 saturated heterocycles. The molecule has 4 rings (SSSR count). The molecule has 0 fully saturated rings. The summed E-state index contributed by atoms with van der Waals surface area (Å²) in [5, 5.41) is 2.96. The first-order chi connectivity index (χ1) is 14.2. The molecule has 5 nitrogen and oxygen atoms in total. The second-order valence-electron chi connectivity index (χ2n) is 7.19. The maximum atomic E-state index is 12.2. The van der Waals surface area contributed by atoms with E-state index in [2.05, 4.69) is 58.2 Å².